The second-order valence-corrected chi connectivity index (χ2v) is 7.79. The van der Waals surface area contributed by atoms with Crippen molar-refractivity contribution in [3.63, 3.8) is 0 Å². The molecule has 1 saturated carbocycles. The number of hydrogen-bond donors (Lipinski definition) is 3. The van der Waals surface area contributed by atoms with E-state index >= 15 is 0 Å². The smallest absolute Gasteiger partial charge is 0.257 e. The second kappa shape index (κ2) is 9.63. The van der Waals surface area contributed by atoms with Crippen molar-refractivity contribution in [3.8, 4) is 11.5 Å². The van der Waals surface area contributed by atoms with E-state index in [9.17, 15) is 9.59 Å². The van der Waals surface area contributed by atoms with Gasteiger partial charge < -0.3 is 25.4 Å². The van der Waals surface area contributed by atoms with Gasteiger partial charge in [0.25, 0.3) is 17.7 Å². The van der Waals surface area contributed by atoms with Crippen LogP contribution in [0.1, 0.15) is 41.9 Å². The molecule has 10 heteroatoms. The fourth-order valence-corrected chi connectivity index (χ4v) is 3.38. The third-order valence-electron chi connectivity index (χ3n) is 5.48. The highest BCUT2D eigenvalue weighted by molar-refractivity contribution is 5.95. The summed E-state index contributed by atoms with van der Waals surface area (Å²) in [5.41, 5.74) is 1.84. The average molecular weight is 438 g/mol. The molecule has 1 aromatic carbocycles. The van der Waals surface area contributed by atoms with Crippen molar-refractivity contribution >= 4 is 18.2 Å². The summed E-state index contributed by atoms with van der Waals surface area (Å²) in [5, 5.41) is 12.8. The Labute approximate surface area is 186 Å². The molecule has 2 aliphatic rings. The maximum absolute atomic E-state index is 13.1. The fraction of sp³-hybridized carbons (Fsp3) is 0.409. The van der Waals surface area contributed by atoms with Crippen LogP contribution in [0, 0.1) is 0 Å². The molecule has 0 bridgehead atoms. The zero-order chi connectivity index (χ0) is 22.5. The number of aromatic nitrogens is 2. The molecule has 0 saturated heterocycles. The number of hydrogen-bond acceptors (Lipinski definition) is 8. The Morgan fingerprint density at radius 2 is 2.00 bits per heavy atom. The molecular weight excluding hydrogens is 410 g/mol. The van der Waals surface area contributed by atoms with Gasteiger partial charge in [0, 0.05) is 43.7 Å². The lowest BCUT2D eigenvalue weighted by atomic mass is 10.1. The molecule has 2 amide bonds. The van der Waals surface area contributed by atoms with Gasteiger partial charge in [0.1, 0.15) is 5.82 Å². The summed E-state index contributed by atoms with van der Waals surface area (Å²) in [6, 6.07) is 7.13. The van der Waals surface area contributed by atoms with Crippen molar-refractivity contribution < 1.29 is 14.1 Å². The normalized spacial score (nSPS) is 17.8. The third-order valence-corrected chi connectivity index (χ3v) is 5.48. The quantitative estimate of drug-likeness (QED) is 0.657. The number of amides is 2. The van der Waals surface area contributed by atoms with Gasteiger partial charge in [-0.25, -0.2) is 0 Å². The minimum Gasteiger partial charge on any atom is -0.374 e. The highest BCUT2D eigenvalue weighted by Crippen LogP contribution is 2.38. The molecule has 32 heavy (non-hydrogen) atoms. The van der Waals surface area contributed by atoms with Gasteiger partial charge in [0.15, 0.2) is 5.82 Å². The Morgan fingerprint density at radius 1 is 1.22 bits per heavy atom. The first kappa shape index (κ1) is 21.5. The van der Waals surface area contributed by atoms with Crippen molar-refractivity contribution in [2.24, 2.45) is 4.99 Å². The predicted octanol–water partition coefficient (Wildman–Crippen LogP) is 1.25. The molecule has 1 aliphatic heterocycles. The molecule has 0 spiro atoms. The lowest BCUT2D eigenvalue weighted by Crippen LogP contribution is -2.41. The van der Waals surface area contributed by atoms with E-state index in [4.69, 9.17) is 4.52 Å². The Bertz CT molecular complexity index is 1040. The van der Waals surface area contributed by atoms with Crippen LogP contribution in [0.15, 0.2) is 45.2 Å². The Balaban J connectivity index is 1.43. The topological polar surface area (TPSA) is 125 Å². The van der Waals surface area contributed by atoms with Crippen molar-refractivity contribution in [1.29, 1.82) is 0 Å². The molecule has 1 aliphatic carbocycles. The highest BCUT2D eigenvalue weighted by Gasteiger charge is 2.29. The highest BCUT2D eigenvalue weighted by atomic mass is 16.5. The number of nitrogens with one attached hydrogen (secondary N) is 3. The van der Waals surface area contributed by atoms with Gasteiger partial charge >= 0.3 is 0 Å². The lowest BCUT2D eigenvalue weighted by molar-refractivity contribution is -0.117. The van der Waals surface area contributed by atoms with E-state index in [1.54, 1.807) is 31.0 Å². The predicted molar refractivity (Wildman–Crippen MR) is 119 cm³/mol. The zero-order valence-corrected chi connectivity index (χ0v) is 18.2. The molecule has 1 aromatic heterocycles. The van der Waals surface area contributed by atoms with Crippen molar-refractivity contribution in [2.75, 3.05) is 33.2 Å². The third kappa shape index (κ3) is 4.96. The van der Waals surface area contributed by atoms with Crippen molar-refractivity contribution in [3.05, 3.63) is 47.0 Å². The Hall–Kier alpha value is -3.69. The molecule has 1 fully saturated rings. The van der Waals surface area contributed by atoms with E-state index < -0.39 is 0 Å². The summed E-state index contributed by atoms with van der Waals surface area (Å²) in [5.74, 6) is 1.89. The Morgan fingerprint density at radius 3 is 2.72 bits per heavy atom. The summed E-state index contributed by atoms with van der Waals surface area (Å²) < 4.78 is 5.35. The second-order valence-electron chi connectivity index (χ2n) is 7.79. The van der Waals surface area contributed by atoms with Gasteiger partial charge in [0.2, 0.25) is 0 Å². The van der Waals surface area contributed by atoms with Crippen molar-refractivity contribution in [1.82, 2.24) is 31.0 Å². The fourth-order valence-electron chi connectivity index (χ4n) is 3.38. The molecule has 2 aromatic rings. The molecule has 0 atom stereocenters. The molecule has 4 rings (SSSR count). The molecule has 10 nitrogen and oxygen atoms in total. The summed E-state index contributed by atoms with van der Waals surface area (Å²) in [4.78, 5) is 35.9. The van der Waals surface area contributed by atoms with Gasteiger partial charge in [-0.1, -0.05) is 5.16 Å². The van der Waals surface area contributed by atoms with Gasteiger partial charge in [-0.3, -0.25) is 14.6 Å². The van der Waals surface area contributed by atoms with Gasteiger partial charge in [0.05, 0.1) is 18.5 Å². The molecular formula is C22H27N7O3. The summed E-state index contributed by atoms with van der Waals surface area (Å²) >= 11 is 0. The van der Waals surface area contributed by atoms with Crippen molar-refractivity contribution in [2.45, 2.75) is 25.7 Å². The number of nitrogens with zero attached hydrogens (tertiary/aromatic N) is 4. The largest absolute Gasteiger partial charge is 0.374 e. The standard InChI is InChI=1S/C22H27N7O3/c1-14-18(23-2)26-13-24-9-11-29(12-10-25-20(14)30)22(31)17-7-5-16(6-8-17)21-27-19(28-32-21)15-3-4-15/h5-8,13,15,23H,3-4,9-12H2,1-2H3,(H,24,26)(H,25,30). The number of rotatable bonds is 4. The first-order valence-corrected chi connectivity index (χ1v) is 10.7. The van der Waals surface area contributed by atoms with Crippen LogP contribution in [0.25, 0.3) is 11.5 Å². The first-order chi connectivity index (χ1) is 15.6. The van der Waals surface area contributed by atoms with Crippen LogP contribution in [0.2, 0.25) is 0 Å². The van der Waals surface area contributed by atoms with Crippen LogP contribution < -0.4 is 16.0 Å². The maximum Gasteiger partial charge on any atom is 0.257 e. The summed E-state index contributed by atoms with van der Waals surface area (Å²) in [6.45, 7) is 3.31. The Kier molecular flexibility index (Phi) is 6.48. The van der Waals surface area contributed by atoms with Gasteiger partial charge in [-0.15, -0.1) is 0 Å². The number of benzene rings is 1. The van der Waals surface area contributed by atoms with Crippen LogP contribution in [-0.4, -0.2) is 66.4 Å². The first-order valence-electron chi connectivity index (χ1n) is 10.7. The lowest BCUT2D eigenvalue weighted by Gasteiger charge is -2.23. The number of aliphatic imine (C=N–C) groups is 1. The minimum atomic E-state index is -0.210. The van der Waals surface area contributed by atoms with Crippen LogP contribution in [0.3, 0.4) is 0 Å². The monoisotopic (exact) mass is 437 g/mol. The summed E-state index contributed by atoms with van der Waals surface area (Å²) in [6.07, 6.45) is 3.74. The zero-order valence-electron chi connectivity index (χ0n) is 18.2. The average Bonchev–Trinajstić information content (AvgIpc) is 3.55. The molecule has 3 N–H and O–H groups in total. The minimum absolute atomic E-state index is 0.126. The molecule has 168 valence electrons. The van der Waals surface area contributed by atoms with Crippen LogP contribution in [-0.2, 0) is 4.79 Å². The molecule has 0 unspecified atom stereocenters. The SMILES string of the molecule is CNC1=C(C)C(=O)NCCN(C(=O)c2ccc(-c3nc(C4CC4)no3)cc2)CCN=CN1. The number of carbonyl (C=O) groups is 2. The van der Waals surface area contributed by atoms with Gasteiger partial charge in [-0.2, -0.15) is 4.98 Å². The van der Waals surface area contributed by atoms with E-state index in [2.05, 4.69) is 31.1 Å². The molecule has 0 radical (unpaired) electrons. The van der Waals surface area contributed by atoms with E-state index in [-0.39, 0.29) is 11.8 Å². The van der Waals surface area contributed by atoms with Gasteiger partial charge in [-0.05, 0) is 44.0 Å². The van der Waals surface area contributed by atoms with E-state index in [1.807, 2.05) is 12.1 Å². The summed E-state index contributed by atoms with van der Waals surface area (Å²) in [7, 11) is 1.73. The molecule has 2 heterocycles. The van der Waals surface area contributed by atoms with Crippen LogP contribution in [0.5, 0.6) is 0 Å². The van der Waals surface area contributed by atoms with Crippen LogP contribution in [0.4, 0.5) is 0 Å². The van der Waals surface area contributed by atoms with Crippen LogP contribution >= 0.6 is 0 Å². The maximum atomic E-state index is 13.1. The van der Waals surface area contributed by atoms with E-state index in [0.29, 0.717) is 54.9 Å². The van der Waals surface area contributed by atoms with E-state index in [0.717, 1.165) is 24.2 Å². The number of carbonyl (C=O) groups excluding carboxylic acids is 2. The van der Waals surface area contributed by atoms with E-state index in [1.165, 1.54) is 6.34 Å².